The van der Waals surface area contributed by atoms with E-state index < -0.39 is 6.10 Å². The van der Waals surface area contributed by atoms with Gasteiger partial charge in [0, 0.05) is 31.4 Å². The van der Waals surface area contributed by atoms with E-state index in [0.29, 0.717) is 13.1 Å². The lowest BCUT2D eigenvalue weighted by Crippen LogP contribution is -2.21. The van der Waals surface area contributed by atoms with E-state index in [9.17, 15) is 5.11 Å². The molecule has 22 heavy (non-hydrogen) atoms. The van der Waals surface area contributed by atoms with Crippen LogP contribution in [0.1, 0.15) is 38.0 Å². The number of rotatable bonds is 8. The number of nitrogens with one attached hydrogen (secondary N) is 1. The van der Waals surface area contributed by atoms with E-state index in [4.69, 9.17) is 4.74 Å². The Morgan fingerprint density at radius 1 is 1.36 bits per heavy atom. The topological polar surface area (TPSA) is 59.3 Å². The molecular formula is C17H25N3O2. The molecule has 1 atom stereocenters. The average Bonchev–Trinajstić information content (AvgIpc) is 2.94. The zero-order valence-electron chi connectivity index (χ0n) is 13.5. The Balaban J connectivity index is 1.85. The van der Waals surface area contributed by atoms with Gasteiger partial charge in [-0.05, 0) is 38.5 Å². The molecule has 1 aromatic heterocycles. The molecule has 120 valence electrons. The molecule has 0 aliphatic rings. The van der Waals surface area contributed by atoms with Crippen molar-refractivity contribution in [3.05, 3.63) is 47.8 Å². The quantitative estimate of drug-likeness (QED) is 0.787. The smallest absolute Gasteiger partial charge is 0.120 e. The van der Waals surface area contributed by atoms with Gasteiger partial charge in [0.2, 0.25) is 0 Å². The summed E-state index contributed by atoms with van der Waals surface area (Å²) in [5, 5.41) is 17.8. The minimum absolute atomic E-state index is 0.126. The molecule has 0 saturated carbocycles. The lowest BCUT2D eigenvalue weighted by Gasteiger charge is -2.15. The average molecular weight is 303 g/mol. The van der Waals surface area contributed by atoms with Gasteiger partial charge in [0.05, 0.1) is 18.4 Å². The summed E-state index contributed by atoms with van der Waals surface area (Å²) in [4.78, 5) is 0. The van der Waals surface area contributed by atoms with E-state index in [1.807, 2.05) is 55.2 Å². The number of hydrogen-bond donors (Lipinski definition) is 2. The van der Waals surface area contributed by atoms with Gasteiger partial charge in [-0.25, -0.2) is 0 Å². The Hall–Kier alpha value is -1.85. The molecule has 2 aromatic rings. The highest BCUT2D eigenvalue weighted by Crippen LogP contribution is 2.20. The monoisotopic (exact) mass is 303 g/mol. The van der Waals surface area contributed by atoms with Crippen molar-refractivity contribution in [1.82, 2.24) is 15.1 Å². The van der Waals surface area contributed by atoms with E-state index >= 15 is 0 Å². The normalized spacial score (nSPS) is 12.6. The van der Waals surface area contributed by atoms with Gasteiger partial charge < -0.3 is 15.2 Å². The maximum absolute atomic E-state index is 10.3. The standard InChI is InChI=1S/C17H25N3O2/c1-4-20-12-14(10-19-20)9-18-11-17(21)15-6-5-7-16(8-15)22-13(2)3/h5-8,10,12-13,17-18,21H,4,9,11H2,1-3H3. The fourth-order valence-electron chi connectivity index (χ4n) is 2.21. The van der Waals surface area contributed by atoms with Gasteiger partial charge in [0.1, 0.15) is 5.75 Å². The van der Waals surface area contributed by atoms with Crippen LogP contribution in [-0.4, -0.2) is 27.5 Å². The predicted molar refractivity (Wildman–Crippen MR) is 86.8 cm³/mol. The molecule has 1 unspecified atom stereocenters. The number of aliphatic hydroxyl groups excluding tert-OH is 1. The number of aryl methyl sites for hydroxylation is 1. The number of hydrogen-bond acceptors (Lipinski definition) is 4. The minimum atomic E-state index is -0.558. The third-order valence-electron chi connectivity index (χ3n) is 3.29. The fourth-order valence-corrected chi connectivity index (χ4v) is 2.21. The number of aromatic nitrogens is 2. The van der Waals surface area contributed by atoms with Crippen LogP contribution < -0.4 is 10.1 Å². The molecule has 2 N–H and O–H groups in total. The van der Waals surface area contributed by atoms with Crippen LogP contribution in [0.25, 0.3) is 0 Å². The number of ether oxygens (including phenoxy) is 1. The van der Waals surface area contributed by atoms with Crippen LogP contribution in [0.4, 0.5) is 0 Å². The van der Waals surface area contributed by atoms with Crippen LogP contribution in [0.3, 0.4) is 0 Å². The maximum Gasteiger partial charge on any atom is 0.120 e. The highest BCUT2D eigenvalue weighted by atomic mass is 16.5. The summed E-state index contributed by atoms with van der Waals surface area (Å²) in [6.45, 7) is 8.08. The first-order valence-corrected chi connectivity index (χ1v) is 7.75. The van der Waals surface area contributed by atoms with E-state index in [1.165, 1.54) is 0 Å². The van der Waals surface area contributed by atoms with Crippen LogP contribution in [-0.2, 0) is 13.1 Å². The Morgan fingerprint density at radius 2 is 2.18 bits per heavy atom. The Labute approximate surface area is 131 Å². The minimum Gasteiger partial charge on any atom is -0.491 e. The van der Waals surface area contributed by atoms with Crippen LogP contribution in [0, 0.1) is 0 Å². The van der Waals surface area contributed by atoms with Crippen LogP contribution in [0.15, 0.2) is 36.7 Å². The predicted octanol–water partition coefficient (Wildman–Crippen LogP) is 2.51. The molecule has 1 aromatic carbocycles. The zero-order chi connectivity index (χ0) is 15.9. The highest BCUT2D eigenvalue weighted by Gasteiger charge is 2.09. The number of benzene rings is 1. The Kier molecular flexibility index (Phi) is 5.98. The van der Waals surface area contributed by atoms with Crippen molar-refractivity contribution >= 4 is 0 Å². The molecule has 5 nitrogen and oxygen atoms in total. The summed E-state index contributed by atoms with van der Waals surface area (Å²) in [5.74, 6) is 0.788. The molecule has 1 heterocycles. The molecule has 0 aliphatic heterocycles. The second-order valence-corrected chi connectivity index (χ2v) is 5.59. The summed E-state index contributed by atoms with van der Waals surface area (Å²) in [6.07, 6.45) is 3.42. The third kappa shape index (κ3) is 4.86. The lowest BCUT2D eigenvalue weighted by atomic mass is 10.1. The summed E-state index contributed by atoms with van der Waals surface area (Å²) in [5.41, 5.74) is 1.97. The summed E-state index contributed by atoms with van der Waals surface area (Å²) >= 11 is 0. The second-order valence-electron chi connectivity index (χ2n) is 5.59. The molecule has 2 rings (SSSR count). The van der Waals surface area contributed by atoms with Gasteiger partial charge in [-0.2, -0.15) is 5.10 Å². The molecule has 0 radical (unpaired) electrons. The van der Waals surface area contributed by atoms with Crippen molar-refractivity contribution in [2.45, 2.75) is 46.1 Å². The Bertz CT molecular complexity index is 581. The van der Waals surface area contributed by atoms with Gasteiger partial charge >= 0.3 is 0 Å². The fraction of sp³-hybridized carbons (Fsp3) is 0.471. The van der Waals surface area contributed by atoms with Crippen molar-refractivity contribution < 1.29 is 9.84 Å². The molecular weight excluding hydrogens is 278 g/mol. The summed E-state index contributed by atoms with van der Waals surface area (Å²) < 4.78 is 7.54. The third-order valence-corrected chi connectivity index (χ3v) is 3.29. The lowest BCUT2D eigenvalue weighted by molar-refractivity contribution is 0.173. The van der Waals surface area contributed by atoms with Crippen molar-refractivity contribution in [3.8, 4) is 5.75 Å². The first kappa shape index (κ1) is 16.5. The van der Waals surface area contributed by atoms with Crippen LogP contribution in [0.2, 0.25) is 0 Å². The van der Waals surface area contributed by atoms with E-state index in [2.05, 4.69) is 17.3 Å². The SMILES string of the molecule is CCn1cc(CNCC(O)c2cccc(OC(C)C)c2)cn1. The second kappa shape index (κ2) is 7.96. The largest absolute Gasteiger partial charge is 0.491 e. The molecule has 0 amide bonds. The molecule has 0 saturated heterocycles. The van der Waals surface area contributed by atoms with Gasteiger partial charge in [-0.1, -0.05) is 12.1 Å². The molecule has 0 aliphatic carbocycles. The van der Waals surface area contributed by atoms with E-state index in [0.717, 1.165) is 23.4 Å². The van der Waals surface area contributed by atoms with Gasteiger partial charge in [0.25, 0.3) is 0 Å². The first-order chi connectivity index (χ1) is 10.6. The first-order valence-electron chi connectivity index (χ1n) is 7.75. The van der Waals surface area contributed by atoms with Gasteiger partial charge in [-0.15, -0.1) is 0 Å². The van der Waals surface area contributed by atoms with Crippen molar-refractivity contribution in [3.63, 3.8) is 0 Å². The highest BCUT2D eigenvalue weighted by molar-refractivity contribution is 5.30. The van der Waals surface area contributed by atoms with Crippen molar-refractivity contribution in [1.29, 1.82) is 0 Å². The zero-order valence-corrected chi connectivity index (χ0v) is 13.5. The van der Waals surface area contributed by atoms with E-state index in [1.54, 1.807) is 0 Å². The number of nitrogens with zero attached hydrogens (tertiary/aromatic N) is 2. The van der Waals surface area contributed by atoms with Gasteiger partial charge in [-0.3, -0.25) is 4.68 Å². The molecule has 0 spiro atoms. The summed E-state index contributed by atoms with van der Waals surface area (Å²) in [6, 6.07) is 7.61. The number of aliphatic hydroxyl groups is 1. The van der Waals surface area contributed by atoms with Crippen LogP contribution in [0.5, 0.6) is 5.75 Å². The van der Waals surface area contributed by atoms with Crippen molar-refractivity contribution in [2.24, 2.45) is 0 Å². The van der Waals surface area contributed by atoms with Crippen LogP contribution >= 0.6 is 0 Å². The Morgan fingerprint density at radius 3 is 2.86 bits per heavy atom. The van der Waals surface area contributed by atoms with E-state index in [-0.39, 0.29) is 6.10 Å². The molecule has 0 fully saturated rings. The summed E-state index contributed by atoms with van der Waals surface area (Å²) in [7, 11) is 0. The van der Waals surface area contributed by atoms with Gasteiger partial charge in [0.15, 0.2) is 0 Å². The maximum atomic E-state index is 10.3. The van der Waals surface area contributed by atoms with Crippen molar-refractivity contribution in [2.75, 3.05) is 6.54 Å². The molecule has 5 heteroatoms. The molecule has 0 bridgehead atoms.